The molecule has 1 rings (SSSR count). The molecule has 1 saturated heterocycles. The molecule has 3 heteroatoms. The van der Waals surface area contributed by atoms with Crippen molar-refractivity contribution in [1.82, 2.24) is 10.4 Å². The first kappa shape index (κ1) is 9.96. The zero-order valence-corrected chi connectivity index (χ0v) is 8.01. The zero-order chi connectivity index (χ0) is 8.65. The maximum atomic E-state index is 5.58. The van der Waals surface area contributed by atoms with Crippen LogP contribution in [0.15, 0.2) is 0 Å². The molecule has 0 aliphatic carbocycles. The monoisotopic (exact) mass is 172 g/mol. The van der Waals surface area contributed by atoms with Crippen LogP contribution in [0.5, 0.6) is 0 Å². The lowest BCUT2D eigenvalue weighted by molar-refractivity contribution is -0.165. The second kappa shape index (κ2) is 6.40. The van der Waals surface area contributed by atoms with Crippen LogP contribution in [0.1, 0.15) is 26.2 Å². The van der Waals surface area contributed by atoms with Crippen molar-refractivity contribution in [2.45, 2.75) is 26.2 Å². The van der Waals surface area contributed by atoms with E-state index in [2.05, 4.69) is 17.3 Å². The first-order chi connectivity index (χ1) is 5.93. The summed E-state index contributed by atoms with van der Waals surface area (Å²) in [6.07, 6.45) is 3.75. The van der Waals surface area contributed by atoms with E-state index in [1.807, 2.05) is 0 Å². The van der Waals surface area contributed by atoms with Crippen molar-refractivity contribution < 1.29 is 4.84 Å². The molecule has 1 aliphatic heterocycles. The standard InChI is InChI=1S/C9H20N2O/c1-2-3-4-9-12-11-7-5-10-6-8-11/h10H,2-9H2,1H3. The van der Waals surface area contributed by atoms with Gasteiger partial charge in [0, 0.05) is 26.2 Å². The Labute approximate surface area is 75.0 Å². The Kier molecular flexibility index (Phi) is 5.32. The first-order valence-corrected chi connectivity index (χ1v) is 5.02. The highest BCUT2D eigenvalue weighted by atomic mass is 16.7. The first-order valence-electron chi connectivity index (χ1n) is 5.02. The van der Waals surface area contributed by atoms with E-state index >= 15 is 0 Å². The van der Waals surface area contributed by atoms with E-state index < -0.39 is 0 Å². The second-order valence-electron chi connectivity index (χ2n) is 3.22. The molecular weight excluding hydrogens is 152 g/mol. The number of hydrogen-bond acceptors (Lipinski definition) is 3. The largest absolute Gasteiger partial charge is 0.314 e. The highest BCUT2D eigenvalue weighted by molar-refractivity contribution is 4.59. The molecule has 0 atom stereocenters. The molecule has 0 saturated carbocycles. The van der Waals surface area contributed by atoms with E-state index in [4.69, 9.17) is 4.84 Å². The lowest BCUT2D eigenvalue weighted by Crippen LogP contribution is -2.43. The number of unbranched alkanes of at least 4 members (excludes halogenated alkanes) is 2. The van der Waals surface area contributed by atoms with Gasteiger partial charge in [0.1, 0.15) is 0 Å². The van der Waals surface area contributed by atoms with Crippen LogP contribution in [0, 0.1) is 0 Å². The summed E-state index contributed by atoms with van der Waals surface area (Å²) in [7, 11) is 0. The number of hydroxylamine groups is 2. The highest BCUT2D eigenvalue weighted by Gasteiger charge is 2.08. The molecule has 0 radical (unpaired) electrons. The van der Waals surface area contributed by atoms with Crippen molar-refractivity contribution in [3.63, 3.8) is 0 Å². The van der Waals surface area contributed by atoms with Crippen LogP contribution in [0.3, 0.4) is 0 Å². The maximum Gasteiger partial charge on any atom is 0.0685 e. The normalized spacial score (nSPS) is 19.8. The molecule has 3 nitrogen and oxygen atoms in total. The summed E-state index contributed by atoms with van der Waals surface area (Å²) >= 11 is 0. The van der Waals surface area contributed by atoms with Gasteiger partial charge in [-0.05, 0) is 6.42 Å². The van der Waals surface area contributed by atoms with Gasteiger partial charge < -0.3 is 5.32 Å². The van der Waals surface area contributed by atoms with E-state index in [-0.39, 0.29) is 0 Å². The third kappa shape index (κ3) is 4.04. The van der Waals surface area contributed by atoms with E-state index in [0.717, 1.165) is 32.8 Å². The van der Waals surface area contributed by atoms with Gasteiger partial charge in [-0.2, -0.15) is 5.06 Å². The van der Waals surface area contributed by atoms with Gasteiger partial charge in [-0.1, -0.05) is 19.8 Å². The van der Waals surface area contributed by atoms with Crippen LogP contribution in [0.2, 0.25) is 0 Å². The number of nitrogens with zero attached hydrogens (tertiary/aromatic N) is 1. The fraction of sp³-hybridized carbons (Fsp3) is 1.00. The third-order valence-electron chi connectivity index (χ3n) is 2.10. The molecule has 0 aromatic heterocycles. The second-order valence-corrected chi connectivity index (χ2v) is 3.22. The Morgan fingerprint density at radius 1 is 1.25 bits per heavy atom. The summed E-state index contributed by atoms with van der Waals surface area (Å²) in [4.78, 5) is 5.58. The average molecular weight is 172 g/mol. The molecule has 0 amide bonds. The van der Waals surface area contributed by atoms with Crippen molar-refractivity contribution in [1.29, 1.82) is 0 Å². The quantitative estimate of drug-likeness (QED) is 0.626. The van der Waals surface area contributed by atoms with Crippen molar-refractivity contribution in [3.8, 4) is 0 Å². The van der Waals surface area contributed by atoms with Gasteiger partial charge in [0.05, 0.1) is 6.61 Å². The molecule has 0 aromatic rings. The number of hydrogen-bond donors (Lipinski definition) is 1. The molecule has 1 fully saturated rings. The summed E-state index contributed by atoms with van der Waals surface area (Å²) in [5.41, 5.74) is 0. The molecule has 0 bridgehead atoms. The predicted octanol–water partition coefficient (Wildman–Crippen LogP) is 1.01. The zero-order valence-electron chi connectivity index (χ0n) is 8.01. The van der Waals surface area contributed by atoms with Crippen LogP contribution in [-0.4, -0.2) is 37.8 Å². The van der Waals surface area contributed by atoms with Crippen molar-refractivity contribution in [2.24, 2.45) is 0 Å². The van der Waals surface area contributed by atoms with Gasteiger partial charge in [0.15, 0.2) is 0 Å². The Bertz CT molecular complexity index is 103. The Morgan fingerprint density at radius 2 is 2.00 bits per heavy atom. The molecule has 1 N–H and O–H groups in total. The van der Waals surface area contributed by atoms with Crippen molar-refractivity contribution in [2.75, 3.05) is 32.8 Å². The van der Waals surface area contributed by atoms with Gasteiger partial charge in [0.25, 0.3) is 0 Å². The molecule has 12 heavy (non-hydrogen) atoms. The number of nitrogens with one attached hydrogen (secondary N) is 1. The van der Waals surface area contributed by atoms with Gasteiger partial charge in [-0.25, -0.2) is 0 Å². The smallest absolute Gasteiger partial charge is 0.0685 e. The minimum absolute atomic E-state index is 0.897. The molecule has 72 valence electrons. The predicted molar refractivity (Wildman–Crippen MR) is 49.9 cm³/mol. The Balaban J connectivity index is 1.91. The third-order valence-corrected chi connectivity index (χ3v) is 2.10. The Morgan fingerprint density at radius 3 is 2.67 bits per heavy atom. The summed E-state index contributed by atoms with van der Waals surface area (Å²) < 4.78 is 0. The topological polar surface area (TPSA) is 24.5 Å². The van der Waals surface area contributed by atoms with E-state index in [9.17, 15) is 0 Å². The molecule has 1 heterocycles. The van der Waals surface area contributed by atoms with Crippen LogP contribution >= 0.6 is 0 Å². The molecule has 0 unspecified atom stereocenters. The van der Waals surface area contributed by atoms with E-state index in [1.54, 1.807) is 0 Å². The molecule has 0 aromatic carbocycles. The lowest BCUT2D eigenvalue weighted by Gasteiger charge is -2.26. The number of piperazine rings is 1. The van der Waals surface area contributed by atoms with Crippen LogP contribution in [0.25, 0.3) is 0 Å². The minimum Gasteiger partial charge on any atom is -0.314 e. The van der Waals surface area contributed by atoms with Crippen molar-refractivity contribution >= 4 is 0 Å². The molecule has 0 spiro atoms. The summed E-state index contributed by atoms with van der Waals surface area (Å²) in [5, 5.41) is 5.37. The van der Waals surface area contributed by atoms with Gasteiger partial charge in [0.2, 0.25) is 0 Å². The summed E-state index contributed by atoms with van der Waals surface area (Å²) in [6.45, 7) is 7.30. The number of rotatable bonds is 5. The Hall–Kier alpha value is -0.120. The highest BCUT2D eigenvalue weighted by Crippen LogP contribution is 1.98. The fourth-order valence-corrected chi connectivity index (χ4v) is 1.32. The van der Waals surface area contributed by atoms with Gasteiger partial charge >= 0.3 is 0 Å². The summed E-state index contributed by atoms with van der Waals surface area (Å²) in [5.74, 6) is 0. The summed E-state index contributed by atoms with van der Waals surface area (Å²) in [6, 6.07) is 0. The van der Waals surface area contributed by atoms with Crippen LogP contribution in [-0.2, 0) is 4.84 Å². The molecule has 1 aliphatic rings. The lowest BCUT2D eigenvalue weighted by atomic mass is 10.3. The molecular formula is C9H20N2O. The van der Waals surface area contributed by atoms with E-state index in [0.29, 0.717) is 0 Å². The van der Waals surface area contributed by atoms with E-state index in [1.165, 1.54) is 19.3 Å². The van der Waals surface area contributed by atoms with Crippen LogP contribution in [0.4, 0.5) is 0 Å². The SMILES string of the molecule is CCCCCON1CCNCC1. The van der Waals surface area contributed by atoms with Gasteiger partial charge in [-0.3, -0.25) is 4.84 Å². The fourth-order valence-electron chi connectivity index (χ4n) is 1.32. The van der Waals surface area contributed by atoms with Gasteiger partial charge in [-0.15, -0.1) is 0 Å². The minimum atomic E-state index is 0.897. The van der Waals surface area contributed by atoms with Crippen LogP contribution < -0.4 is 5.32 Å². The average Bonchev–Trinajstić information content (AvgIpc) is 2.14. The maximum absolute atomic E-state index is 5.58. The van der Waals surface area contributed by atoms with Crippen molar-refractivity contribution in [3.05, 3.63) is 0 Å².